The molecule has 2 N–H and O–H groups in total. The summed E-state index contributed by atoms with van der Waals surface area (Å²) in [6.07, 6.45) is 0. The molecule has 0 aliphatic carbocycles. The standard InChI is InChI=1S/C29H22Cl2N4O6S/c1-39-18-12-14-23(19(30)16-18)41-29-26(32-20-10-6-7-11-21(20)34-29)28(36)33-22-13-15-24(40-2)27(25(22)31)42(37,38)35-17-8-4-3-5-9-17/h3-16,35H,1-2H3,(H,33,36). The molecule has 0 radical (unpaired) electrons. The maximum absolute atomic E-state index is 13.6. The van der Waals surface area contributed by atoms with Gasteiger partial charge >= 0.3 is 0 Å². The van der Waals surface area contributed by atoms with E-state index in [1.54, 1.807) is 72.8 Å². The maximum Gasteiger partial charge on any atom is 0.279 e. The first-order chi connectivity index (χ1) is 20.2. The molecule has 0 spiro atoms. The Morgan fingerprint density at radius 2 is 1.48 bits per heavy atom. The summed E-state index contributed by atoms with van der Waals surface area (Å²) < 4.78 is 45.5. The smallest absolute Gasteiger partial charge is 0.279 e. The molecule has 0 atom stereocenters. The van der Waals surface area contributed by atoms with Crippen LogP contribution >= 0.6 is 23.2 Å². The first-order valence-electron chi connectivity index (χ1n) is 12.2. The van der Waals surface area contributed by atoms with Crippen LogP contribution in [0.2, 0.25) is 10.0 Å². The number of para-hydroxylation sites is 3. The van der Waals surface area contributed by atoms with E-state index in [-0.39, 0.29) is 43.7 Å². The van der Waals surface area contributed by atoms with Crippen molar-refractivity contribution in [3.8, 4) is 23.1 Å². The van der Waals surface area contributed by atoms with E-state index in [4.69, 9.17) is 37.4 Å². The molecule has 4 aromatic carbocycles. The third kappa shape index (κ3) is 6.03. The Morgan fingerprint density at radius 3 is 2.14 bits per heavy atom. The van der Waals surface area contributed by atoms with Crippen molar-refractivity contribution < 1.29 is 27.4 Å². The third-order valence-corrected chi connectivity index (χ3v) is 8.17. The first-order valence-corrected chi connectivity index (χ1v) is 14.5. The number of carbonyl (C=O) groups is 1. The van der Waals surface area contributed by atoms with Gasteiger partial charge in [-0.3, -0.25) is 9.52 Å². The van der Waals surface area contributed by atoms with E-state index >= 15 is 0 Å². The Bertz CT molecular complexity index is 1910. The van der Waals surface area contributed by atoms with Gasteiger partial charge in [-0.05, 0) is 48.5 Å². The third-order valence-electron chi connectivity index (χ3n) is 5.92. The Balaban J connectivity index is 1.53. The molecule has 5 rings (SSSR count). The van der Waals surface area contributed by atoms with E-state index in [0.717, 1.165) is 0 Å². The zero-order valence-electron chi connectivity index (χ0n) is 22.1. The van der Waals surface area contributed by atoms with Crippen LogP contribution in [-0.4, -0.2) is 38.5 Å². The number of fused-ring (bicyclic) bond motifs is 1. The lowest BCUT2D eigenvalue weighted by atomic mass is 10.2. The number of aromatic nitrogens is 2. The summed E-state index contributed by atoms with van der Waals surface area (Å²) in [7, 11) is -1.42. The maximum atomic E-state index is 13.6. The molecule has 0 aliphatic heterocycles. The molecule has 5 aromatic rings. The molecule has 0 aliphatic rings. The largest absolute Gasteiger partial charge is 0.497 e. The second kappa shape index (κ2) is 12.1. The number of ether oxygens (including phenoxy) is 3. The molecule has 0 fully saturated rings. The Labute approximate surface area is 251 Å². The van der Waals surface area contributed by atoms with Crippen LogP contribution in [0.25, 0.3) is 11.0 Å². The fourth-order valence-electron chi connectivity index (χ4n) is 3.94. The lowest BCUT2D eigenvalue weighted by Crippen LogP contribution is -2.18. The highest BCUT2D eigenvalue weighted by Crippen LogP contribution is 2.39. The van der Waals surface area contributed by atoms with Crippen LogP contribution in [0.3, 0.4) is 0 Å². The van der Waals surface area contributed by atoms with Gasteiger partial charge in [0, 0.05) is 11.8 Å². The number of anilines is 2. The van der Waals surface area contributed by atoms with Crippen molar-refractivity contribution in [1.82, 2.24) is 9.97 Å². The van der Waals surface area contributed by atoms with Crippen molar-refractivity contribution in [3.63, 3.8) is 0 Å². The molecule has 0 unspecified atom stereocenters. The van der Waals surface area contributed by atoms with Gasteiger partial charge in [0.2, 0.25) is 0 Å². The molecule has 13 heteroatoms. The summed E-state index contributed by atoms with van der Waals surface area (Å²) in [5.41, 5.74) is 0.998. The zero-order chi connectivity index (χ0) is 29.9. The van der Waals surface area contributed by atoms with Gasteiger partial charge in [-0.15, -0.1) is 0 Å². The second-order valence-corrected chi connectivity index (χ2v) is 11.1. The summed E-state index contributed by atoms with van der Waals surface area (Å²) in [4.78, 5) is 22.2. The summed E-state index contributed by atoms with van der Waals surface area (Å²) in [6.45, 7) is 0. The van der Waals surface area contributed by atoms with Crippen molar-refractivity contribution in [2.24, 2.45) is 0 Å². The second-order valence-electron chi connectivity index (χ2n) is 8.65. The van der Waals surface area contributed by atoms with E-state index in [1.165, 1.54) is 26.4 Å². The normalized spacial score (nSPS) is 11.1. The van der Waals surface area contributed by atoms with Gasteiger partial charge in [-0.1, -0.05) is 53.5 Å². The number of nitrogens with zero attached hydrogens (tertiary/aromatic N) is 2. The van der Waals surface area contributed by atoms with E-state index in [0.29, 0.717) is 22.5 Å². The lowest BCUT2D eigenvalue weighted by Gasteiger charge is -2.17. The van der Waals surface area contributed by atoms with Gasteiger partial charge in [0.05, 0.1) is 41.0 Å². The van der Waals surface area contributed by atoms with Crippen LogP contribution in [0, 0.1) is 0 Å². The van der Waals surface area contributed by atoms with Crippen LogP contribution in [0.15, 0.2) is 89.8 Å². The van der Waals surface area contributed by atoms with Crippen molar-refractivity contribution in [2.45, 2.75) is 4.90 Å². The SMILES string of the molecule is COc1ccc(Oc2nc3ccccc3nc2C(=O)Nc2ccc(OC)c(S(=O)(=O)Nc3ccccc3)c2Cl)c(Cl)c1. The number of amides is 1. The lowest BCUT2D eigenvalue weighted by molar-refractivity contribution is 0.101. The van der Waals surface area contributed by atoms with Gasteiger partial charge in [0.25, 0.3) is 21.8 Å². The van der Waals surface area contributed by atoms with Crippen molar-refractivity contribution >= 4 is 61.5 Å². The predicted octanol–water partition coefficient (Wildman–Crippen LogP) is 6.80. The van der Waals surface area contributed by atoms with Crippen molar-refractivity contribution in [3.05, 3.63) is 101 Å². The van der Waals surface area contributed by atoms with Crippen LogP contribution < -0.4 is 24.2 Å². The number of hydrogen-bond donors (Lipinski definition) is 2. The number of halogens is 2. The van der Waals surface area contributed by atoms with Gasteiger partial charge in [0.15, 0.2) is 5.69 Å². The molecule has 0 saturated heterocycles. The van der Waals surface area contributed by atoms with Crippen LogP contribution in [0.5, 0.6) is 23.1 Å². The quantitative estimate of drug-likeness (QED) is 0.183. The van der Waals surface area contributed by atoms with E-state index in [1.807, 2.05) is 0 Å². The highest BCUT2D eigenvalue weighted by molar-refractivity contribution is 7.93. The van der Waals surface area contributed by atoms with Gasteiger partial charge in [-0.2, -0.15) is 0 Å². The number of carbonyl (C=O) groups excluding carboxylic acids is 1. The molecule has 0 saturated carbocycles. The van der Waals surface area contributed by atoms with Gasteiger partial charge in [0.1, 0.15) is 22.1 Å². The van der Waals surface area contributed by atoms with Gasteiger partial charge in [-0.25, -0.2) is 18.4 Å². The zero-order valence-corrected chi connectivity index (χ0v) is 24.4. The van der Waals surface area contributed by atoms with E-state index < -0.39 is 15.9 Å². The molecule has 10 nitrogen and oxygen atoms in total. The number of benzene rings is 4. The minimum atomic E-state index is -4.23. The number of rotatable bonds is 9. The molecule has 1 heterocycles. The number of sulfonamides is 1. The van der Waals surface area contributed by atoms with E-state index in [9.17, 15) is 13.2 Å². The fraction of sp³-hybridized carbons (Fsp3) is 0.0690. The first kappa shape index (κ1) is 28.9. The van der Waals surface area contributed by atoms with Crippen LogP contribution in [-0.2, 0) is 10.0 Å². The average Bonchev–Trinajstić information content (AvgIpc) is 2.98. The Kier molecular flexibility index (Phi) is 8.34. The molecular weight excluding hydrogens is 603 g/mol. The van der Waals surface area contributed by atoms with Crippen LogP contribution in [0.1, 0.15) is 10.5 Å². The number of hydrogen-bond acceptors (Lipinski definition) is 8. The number of nitrogens with one attached hydrogen (secondary N) is 2. The van der Waals surface area contributed by atoms with E-state index in [2.05, 4.69) is 20.0 Å². The topological polar surface area (TPSA) is 129 Å². The molecule has 0 bridgehead atoms. The molecular formula is C29H22Cl2N4O6S. The summed E-state index contributed by atoms with van der Waals surface area (Å²) in [5, 5.41) is 2.56. The highest BCUT2D eigenvalue weighted by Gasteiger charge is 2.28. The minimum absolute atomic E-state index is 0.0145. The molecule has 1 amide bonds. The average molecular weight is 625 g/mol. The summed E-state index contributed by atoms with van der Waals surface area (Å²) in [5.74, 6) is -0.207. The number of methoxy groups -OCH3 is 2. The molecule has 1 aromatic heterocycles. The minimum Gasteiger partial charge on any atom is -0.497 e. The monoisotopic (exact) mass is 624 g/mol. The molecule has 214 valence electrons. The fourth-order valence-corrected chi connectivity index (χ4v) is 5.97. The molecule has 42 heavy (non-hydrogen) atoms. The Morgan fingerprint density at radius 1 is 0.810 bits per heavy atom. The van der Waals surface area contributed by atoms with Crippen LogP contribution in [0.4, 0.5) is 11.4 Å². The Hall–Kier alpha value is -4.58. The van der Waals surface area contributed by atoms with Crippen molar-refractivity contribution in [2.75, 3.05) is 24.3 Å². The van der Waals surface area contributed by atoms with Gasteiger partial charge < -0.3 is 19.5 Å². The highest BCUT2D eigenvalue weighted by atomic mass is 35.5. The predicted molar refractivity (Wildman–Crippen MR) is 161 cm³/mol. The van der Waals surface area contributed by atoms with Crippen molar-refractivity contribution in [1.29, 1.82) is 0 Å². The summed E-state index contributed by atoms with van der Waals surface area (Å²) in [6, 6.07) is 22.7. The summed E-state index contributed by atoms with van der Waals surface area (Å²) >= 11 is 12.9.